The first-order valence-corrected chi connectivity index (χ1v) is 10.2. The van der Waals surface area contributed by atoms with Crippen molar-refractivity contribution in [1.29, 1.82) is 0 Å². The maximum absolute atomic E-state index is 12.9. The van der Waals surface area contributed by atoms with E-state index < -0.39 is 5.82 Å². The van der Waals surface area contributed by atoms with Crippen LogP contribution in [0.25, 0.3) is 11.0 Å². The van der Waals surface area contributed by atoms with Crippen LogP contribution in [0.5, 0.6) is 0 Å². The van der Waals surface area contributed by atoms with Crippen molar-refractivity contribution < 1.29 is 14.0 Å². The molecule has 0 aliphatic heterocycles. The van der Waals surface area contributed by atoms with E-state index in [1.807, 2.05) is 12.1 Å². The summed E-state index contributed by atoms with van der Waals surface area (Å²) in [6.07, 6.45) is 0.670. The molecule has 4 aromatic rings. The highest BCUT2D eigenvalue weighted by Crippen LogP contribution is 2.22. The van der Waals surface area contributed by atoms with Crippen LogP contribution in [0.15, 0.2) is 47.8 Å². The van der Waals surface area contributed by atoms with Crippen LogP contribution in [0.3, 0.4) is 0 Å². The summed E-state index contributed by atoms with van der Waals surface area (Å²) in [5.41, 5.74) is 3.09. The third-order valence-corrected chi connectivity index (χ3v) is 5.40. The van der Waals surface area contributed by atoms with E-state index in [0.29, 0.717) is 34.0 Å². The summed E-state index contributed by atoms with van der Waals surface area (Å²) < 4.78 is 21.3. The highest BCUT2D eigenvalue weighted by molar-refractivity contribution is 7.14. The van der Waals surface area contributed by atoms with Gasteiger partial charge >= 0.3 is 0 Å². The molecule has 2 N–H and O–H groups in total. The smallest absolute Gasteiger partial charge is 0.257 e. The molecule has 29 heavy (non-hydrogen) atoms. The van der Waals surface area contributed by atoms with Gasteiger partial charge in [0.2, 0.25) is 5.91 Å². The van der Waals surface area contributed by atoms with E-state index >= 15 is 0 Å². The van der Waals surface area contributed by atoms with Crippen molar-refractivity contribution in [2.75, 3.05) is 10.6 Å². The summed E-state index contributed by atoms with van der Waals surface area (Å²) in [5, 5.41) is 7.74. The van der Waals surface area contributed by atoms with Crippen molar-refractivity contribution in [3.8, 4) is 0 Å². The molecular weight excluding hydrogens is 413 g/mol. The number of benzene rings is 2. The quantitative estimate of drug-likeness (QED) is 0.483. The Labute approximate surface area is 172 Å². The number of aryl methyl sites for hydroxylation is 1. The number of nitrogens with one attached hydrogen (secondary N) is 2. The van der Waals surface area contributed by atoms with E-state index in [9.17, 15) is 14.0 Å². The number of nitrogens with zero attached hydrogens (tertiary/aromatic N) is 3. The van der Waals surface area contributed by atoms with Crippen LogP contribution in [-0.4, -0.2) is 25.5 Å². The monoisotopic (exact) mass is 427 g/mol. The minimum Gasteiger partial charge on any atom is -0.324 e. The topological polar surface area (TPSA) is 96.9 Å². The Hall–Kier alpha value is -3.24. The molecule has 0 aliphatic carbocycles. The van der Waals surface area contributed by atoms with Gasteiger partial charge in [0.25, 0.3) is 5.91 Å². The lowest BCUT2D eigenvalue weighted by Crippen LogP contribution is -2.13. The van der Waals surface area contributed by atoms with Gasteiger partial charge in [-0.1, -0.05) is 6.07 Å². The van der Waals surface area contributed by atoms with Crippen LogP contribution in [0, 0.1) is 5.82 Å². The van der Waals surface area contributed by atoms with Gasteiger partial charge in [0.05, 0.1) is 23.1 Å². The van der Waals surface area contributed by atoms with Crippen molar-refractivity contribution in [3.63, 3.8) is 0 Å². The molecule has 146 valence electrons. The number of hydrogen-bond donors (Lipinski definition) is 2. The molecule has 7 nitrogen and oxygen atoms in total. The molecule has 0 radical (unpaired) electrons. The number of anilines is 2. The van der Waals surface area contributed by atoms with Gasteiger partial charge < -0.3 is 5.32 Å². The van der Waals surface area contributed by atoms with Crippen LogP contribution in [0.4, 0.5) is 15.2 Å². The molecule has 0 fully saturated rings. The maximum atomic E-state index is 12.9. The second-order valence-corrected chi connectivity index (χ2v) is 7.48. The van der Waals surface area contributed by atoms with Crippen LogP contribution >= 0.6 is 23.1 Å². The van der Waals surface area contributed by atoms with Gasteiger partial charge in [0.15, 0.2) is 5.13 Å². The number of carbonyl (C=O) groups excluding carboxylic acids is 2. The molecular formula is C19H14FN5O2S2. The van der Waals surface area contributed by atoms with Gasteiger partial charge in [-0.15, -0.1) is 11.3 Å². The number of aromatic nitrogens is 3. The van der Waals surface area contributed by atoms with Gasteiger partial charge in [-0.05, 0) is 42.8 Å². The Morgan fingerprint density at radius 2 is 1.86 bits per heavy atom. The van der Waals surface area contributed by atoms with Crippen molar-refractivity contribution in [3.05, 3.63) is 64.9 Å². The van der Waals surface area contributed by atoms with Gasteiger partial charge in [0.1, 0.15) is 16.9 Å². The van der Waals surface area contributed by atoms with Crippen LogP contribution in [0.1, 0.15) is 22.5 Å². The number of halogens is 1. The molecule has 0 bridgehead atoms. The van der Waals surface area contributed by atoms with Gasteiger partial charge in [0, 0.05) is 17.4 Å². The normalized spacial score (nSPS) is 10.8. The third-order valence-electron chi connectivity index (χ3n) is 4.05. The standard InChI is InChI=1S/C19H14FN5O2S2/c20-12-6-4-11(5-7-12)18(27)23-19-21-13(10-28-19)8-9-16(26)22-14-2-1-3-15-17(14)25-29-24-15/h1-7,10H,8-9H2,(H,22,26)(H,21,23,27). The lowest BCUT2D eigenvalue weighted by Gasteiger charge is -2.04. The fourth-order valence-corrected chi connectivity index (χ4v) is 3.90. The SMILES string of the molecule is O=C(CCc1csc(NC(=O)c2ccc(F)cc2)n1)Nc1cccc2nsnc12. The highest BCUT2D eigenvalue weighted by Gasteiger charge is 2.12. The zero-order valence-electron chi connectivity index (χ0n) is 14.9. The van der Waals surface area contributed by atoms with E-state index in [1.54, 1.807) is 11.4 Å². The number of thiazole rings is 1. The fraction of sp³-hybridized carbons (Fsp3) is 0.105. The molecule has 2 aromatic heterocycles. The summed E-state index contributed by atoms with van der Waals surface area (Å²) >= 11 is 2.37. The Kier molecular flexibility index (Phi) is 5.54. The first-order valence-electron chi connectivity index (χ1n) is 8.61. The Balaban J connectivity index is 1.32. The minimum absolute atomic E-state index is 0.157. The van der Waals surface area contributed by atoms with Crippen molar-refractivity contribution in [2.45, 2.75) is 12.8 Å². The first-order chi connectivity index (χ1) is 14.1. The molecule has 0 spiro atoms. The molecule has 2 aromatic carbocycles. The van der Waals surface area contributed by atoms with Crippen molar-refractivity contribution in [1.82, 2.24) is 13.7 Å². The molecule has 2 heterocycles. The van der Waals surface area contributed by atoms with Gasteiger partial charge in [-0.25, -0.2) is 9.37 Å². The largest absolute Gasteiger partial charge is 0.324 e. The van der Waals surface area contributed by atoms with E-state index in [4.69, 9.17) is 0 Å². The van der Waals surface area contributed by atoms with Gasteiger partial charge in [-0.3, -0.25) is 14.9 Å². The first kappa shape index (κ1) is 19.1. The average Bonchev–Trinajstić information content (AvgIpc) is 3.37. The zero-order chi connectivity index (χ0) is 20.2. The van der Waals surface area contributed by atoms with Crippen molar-refractivity contribution in [2.24, 2.45) is 0 Å². The summed E-state index contributed by atoms with van der Waals surface area (Å²) in [5.74, 6) is -0.928. The highest BCUT2D eigenvalue weighted by atomic mass is 32.1. The summed E-state index contributed by atoms with van der Waals surface area (Å²) in [6.45, 7) is 0. The second-order valence-electron chi connectivity index (χ2n) is 6.09. The van der Waals surface area contributed by atoms with Gasteiger partial charge in [-0.2, -0.15) is 8.75 Å². The Morgan fingerprint density at radius 3 is 2.69 bits per heavy atom. The van der Waals surface area contributed by atoms with E-state index in [-0.39, 0.29) is 18.2 Å². The number of hydrogen-bond acceptors (Lipinski definition) is 7. The van der Waals surface area contributed by atoms with E-state index in [2.05, 4.69) is 24.4 Å². The molecule has 0 saturated heterocycles. The van der Waals surface area contributed by atoms with Crippen molar-refractivity contribution >= 4 is 56.7 Å². The maximum Gasteiger partial charge on any atom is 0.257 e. The lowest BCUT2D eigenvalue weighted by atomic mass is 10.2. The Bertz CT molecular complexity index is 1170. The molecule has 0 unspecified atom stereocenters. The predicted molar refractivity (Wildman–Crippen MR) is 111 cm³/mol. The number of amides is 2. The molecule has 0 aliphatic rings. The summed E-state index contributed by atoms with van der Waals surface area (Å²) in [7, 11) is 0. The molecule has 2 amide bonds. The third kappa shape index (κ3) is 4.61. The predicted octanol–water partition coefficient (Wildman–Crippen LogP) is 4.11. The average molecular weight is 427 g/mol. The van der Waals surface area contributed by atoms with Crippen LogP contribution < -0.4 is 10.6 Å². The van der Waals surface area contributed by atoms with E-state index in [1.165, 1.54) is 35.6 Å². The minimum atomic E-state index is -0.404. The number of rotatable bonds is 6. The van der Waals surface area contributed by atoms with Crippen LogP contribution in [-0.2, 0) is 11.2 Å². The lowest BCUT2D eigenvalue weighted by molar-refractivity contribution is -0.116. The zero-order valence-corrected chi connectivity index (χ0v) is 16.5. The molecule has 4 rings (SSSR count). The fourth-order valence-electron chi connectivity index (χ4n) is 2.61. The summed E-state index contributed by atoms with van der Waals surface area (Å²) in [4.78, 5) is 28.7. The second kappa shape index (κ2) is 8.41. The number of fused-ring (bicyclic) bond motifs is 1. The van der Waals surface area contributed by atoms with E-state index in [0.717, 1.165) is 17.2 Å². The molecule has 10 heteroatoms. The molecule has 0 saturated carbocycles. The Morgan fingerprint density at radius 1 is 1.03 bits per heavy atom. The van der Waals surface area contributed by atoms with Crippen LogP contribution in [0.2, 0.25) is 0 Å². The number of carbonyl (C=O) groups is 2. The summed E-state index contributed by atoms with van der Waals surface area (Å²) in [6, 6.07) is 10.7. The molecule has 0 atom stereocenters.